The minimum atomic E-state index is -0.814. The molecule has 10 heteroatoms. The molecule has 10 nitrogen and oxygen atoms in total. The number of carbonyl (C=O) groups excluding carboxylic acids is 2. The number of unbranched alkanes of at least 4 members (excludes halogenated alkanes) is 7. The number of amides is 2. The molecule has 2 fully saturated rings. The Morgan fingerprint density at radius 2 is 0.778 bits per heavy atom. The predicted octanol–water partition coefficient (Wildman–Crippen LogP) is 9.14. The smallest absolute Gasteiger partial charge is 0.303 e. The molecule has 2 N–H and O–H groups in total. The molecule has 0 aliphatic carbocycles. The molecular formula is C44H82N4O6. The zero-order valence-electron chi connectivity index (χ0n) is 36.4. The molecule has 2 amide bonds. The molecule has 2 rings (SSSR count). The van der Waals surface area contributed by atoms with Gasteiger partial charge in [0.15, 0.2) is 0 Å². The van der Waals surface area contributed by atoms with Crippen molar-refractivity contribution in [3.63, 3.8) is 0 Å². The third-order valence-corrected chi connectivity index (χ3v) is 12.5. The summed E-state index contributed by atoms with van der Waals surface area (Å²) < 4.78 is 0. The van der Waals surface area contributed by atoms with E-state index in [2.05, 4.69) is 88.8 Å². The van der Waals surface area contributed by atoms with E-state index >= 15 is 0 Å². The molecule has 0 unspecified atom stereocenters. The van der Waals surface area contributed by atoms with Gasteiger partial charge in [-0.05, 0) is 146 Å². The van der Waals surface area contributed by atoms with Crippen molar-refractivity contribution in [1.82, 2.24) is 19.6 Å². The average molecular weight is 763 g/mol. The van der Waals surface area contributed by atoms with Crippen LogP contribution >= 0.6 is 0 Å². The van der Waals surface area contributed by atoms with E-state index in [4.69, 9.17) is 10.2 Å². The number of rotatable bonds is 25. The second-order valence-electron chi connectivity index (χ2n) is 19.2. The van der Waals surface area contributed by atoms with E-state index in [1.165, 1.54) is 0 Å². The molecule has 0 aromatic heterocycles. The van der Waals surface area contributed by atoms with Gasteiger partial charge in [-0.3, -0.25) is 29.0 Å². The number of carbonyl (C=O) groups is 4. The van der Waals surface area contributed by atoms with Crippen molar-refractivity contribution >= 4 is 23.8 Å². The lowest BCUT2D eigenvalue weighted by molar-refractivity contribution is -0.141. The Hall–Kier alpha value is -2.20. The third kappa shape index (κ3) is 15.0. The SMILES string of the molecule is CCCCN1C(C)(C)CC(N(CCCCCCN(C(=O)CCCCC(=O)O)C2CC(C)(C)N(CCCC)C(C)(C)C2)C(=O)CCCCC(=O)O)CC1(C)C. The second kappa shape index (κ2) is 21.9. The average Bonchev–Trinajstić information content (AvgIpc) is 3.04. The lowest BCUT2D eigenvalue weighted by atomic mass is 9.76. The first kappa shape index (κ1) is 48.0. The summed E-state index contributed by atoms with van der Waals surface area (Å²) >= 11 is 0. The van der Waals surface area contributed by atoms with Crippen molar-refractivity contribution in [2.75, 3.05) is 26.2 Å². The molecule has 0 bridgehead atoms. The first-order valence-electron chi connectivity index (χ1n) is 21.8. The highest BCUT2D eigenvalue weighted by atomic mass is 16.4. The molecule has 2 aliphatic heterocycles. The Labute approximate surface area is 330 Å². The molecule has 0 aromatic rings. The molecule has 0 aromatic carbocycles. The van der Waals surface area contributed by atoms with Gasteiger partial charge < -0.3 is 20.0 Å². The van der Waals surface area contributed by atoms with E-state index in [1.54, 1.807) is 0 Å². The molecule has 54 heavy (non-hydrogen) atoms. The summed E-state index contributed by atoms with van der Waals surface area (Å²) in [4.78, 5) is 59.5. The van der Waals surface area contributed by atoms with Gasteiger partial charge in [-0.1, -0.05) is 39.5 Å². The summed E-state index contributed by atoms with van der Waals surface area (Å²) in [7, 11) is 0. The number of hydrogen-bond donors (Lipinski definition) is 2. The van der Waals surface area contributed by atoms with Crippen LogP contribution in [0.3, 0.4) is 0 Å². The van der Waals surface area contributed by atoms with E-state index in [0.717, 1.165) is 90.1 Å². The van der Waals surface area contributed by atoms with E-state index < -0.39 is 11.9 Å². The molecule has 0 saturated carbocycles. The van der Waals surface area contributed by atoms with Gasteiger partial charge in [-0.2, -0.15) is 0 Å². The monoisotopic (exact) mass is 763 g/mol. The highest BCUT2D eigenvalue weighted by Gasteiger charge is 2.48. The van der Waals surface area contributed by atoms with Crippen molar-refractivity contribution < 1.29 is 29.4 Å². The minimum Gasteiger partial charge on any atom is -0.481 e. The minimum absolute atomic E-state index is 0.0394. The predicted molar refractivity (Wildman–Crippen MR) is 220 cm³/mol. The van der Waals surface area contributed by atoms with E-state index in [1.807, 2.05) is 0 Å². The summed E-state index contributed by atoms with van der Waals surface area (Å²) in [5, 5.41) is 18.3. The lowest BCUT2D eigenvalue weighted by Gasteiger charge is -2.57. The van der Waals surface area contributed by atoms with Crippen LogP contribution in [-0.4, -0.2) is 114 Å². The van der Waals surface area contributed by atoms with E-state index in [-0.39, 0.29) is 58.9 Å². The van der Waals surface area contributed by atoms with Gasteiger partial charge in [0.2, 0.25) is 11.8 Å². The standard InChI is InChI=1S/C44H82N4O6/c1-11-13-29-47-41(3,4)31-35(32-42(47,5)6)45(37(49)23-17-19-25-39(51)52)27-21-15-16-22-28-46(38(50)24-18-20-26-40(53)54)36-33-43(7,8)48(30-14-12-2)44(9,10)34-36/h35-36H,11-34H2,1-10H3,(H,51,52)(H,53,54). The fraction of sp³-hybridized carbons (Fsp3) is 0.909. The van der Waals surface area contributed by atoms with Crippen molar-refractivity contribution in [3.05, 3.63) is 0 Å². The molecule has 314 valence electrons. The number of likely N-dealkylation sites (tertiary alicyclic amines) is 2. The lowest BCUT2D eigenvalue weighted by Crippen LogP contribution is -2.65. The number of piperidine rings is 2. The first-order chi connectivity index (χ1) is 25.2. The van der Waals surface area contributed by atoms with Gasteiger partial charge in [0.25, 0.3) is 0 Å². The summed E-state index contributed by atoms with van der Waals surface area (Å²) in [6.07, 6.45) is 15.2. The number of carboxylic acids is 2. The van der Waals surface area contributed by atoms with Gasteiger partial charge in [0.05, 0.1) is 0 Å². The number of hydrogen-bond acceptors (Lipinski definition) is 6. The van der Waals surface area contributed by atoms with Crippen LogP contribution in [-0.2, 0) is 19.2 Å². The fourth-order valence-corrected chi connectivity index (χ4v) is 10.1. The molecule has 0 spiro atoms. The van der Waals surface area contributed by atoms with Gasteiger partial charge in [-0.25, -0.2) is 0 Å². The van der Waals surface area contributed by atoms with Crippen LogP contribution in [0.1, 0.15) is 198 Å². The Morgan fingerprint density at radius 1 is 0.481 bits per heavy atom. The second-order valence-corrected chi connectivity index (χ2v) is 19.2. The third-order valence-electron chi connectivity index (χ3n) is 12.5. The maximum atomic E-state index is 13.8. The van der Waals surface area contributed by atoms with Gasteiger partial charge >= 0.3 is 11.9 Å². The van der Waals surface area contributed by atoms with Crippen LogP contribution in [0.5, 0.6) is 0 Å². The molecule has 0 radical (unpaired) electrons. The number of aliphatic carboxylic acids is 2. The fourth-order valence-electron chi connectivity index (χ4n) is 10.1. The topological polar surface area (TPSA) is 122 Å². The summed E-state index contributed by atoms with van der Waals surface area (Å²) in [5.74, 6) is -1.33. The Balaban J connectivity index is 2.13. The molecule has 0 atom stereocenters. The Kier molecular flexibility index (Phi) is 19.5. The van der Waals surface area contributed by atoms with Gasteiger partial charge in [-0.15, -0.1) is 0 Å². The van der Waals surface area contributed by atoms with Crippen LogP contribution in [0.4, 0.5) is 0 Å². The van der Waals surface area contributed by atoms with Crippen LogP contribution in [0, 0.1) is 0 Å². The van der Waals surface area contributed by atoms with Crippen LogP contribution in [0.15, 0.2) is 0 Å². The van der Waals surface area contributed by atoms with Crippen molar-refractivity contribution in [2.45, 2.75) is 232 Å². The van der Waals surface area contributed by atoms with Gasteiger partial charge in [0, 0.05) is 73.0 Å². The Morgan fingerprint density at radius 3 is 1.06 bits per heavy atom. The van der Waals surface area contributed by atoms with E-state index in [9.17, 15) is 19.2 Å². The zero-order chi connectivity index (χ0) is 40.7. The summed E-state index contributed by atoms with van der Waals surface area (Å²) in [6.45, 7) is 26.6. The number of nitrogens with zero attached hydrogens (tertiary/aromatic N) is 4. The van der Waals surface area contributed by atoms with Crippen LogP contribution in [0.25, 0.3) is 0 Å². The van der Waals surface area contributed by atoms with Gasteiger partial charge in [0.1, 0.15) is 0 Å². The first-order valence-corrected chi connectivity index (χ1v) is 21.8. The quantitative estimate of drug-likeness (QED) is 0.0884. The van der Waals surface area contributed by atoms with Crippen LogP contribution in [0.2, 0.25) is 0 Å². The molecule has 2 saturated heterocycles. The Bertz CT molecular complexity index is 1060. The van der Waals surface area contributed by atoms with E-state index in [0.29, 0.717) is 51.6 Å². The highest BCUT2D eigenvalue weighted by Crippen LogP contribution is 2.42. The maximum absolute atomic E-state index is 13.8. The molecule has 2 heterocycles. The zero-order valence-corrected chi connectivity index (χ0v) is 36.4. The molecule has 2 aliphatic rings. The van der Waals surface area contributed by atoms with Crippen molar-refractivity contribution in [1.29, 1.82) is 0 Å². The number of carboxylic acid groups (broad SMARTS) is 2. The van der Waals surface area contributed by atoms with Crippen molar-refractivity contribution in [3.8, 4) is 0 Å². The summed E-state index contributed by atoms with van der Waals surface area (Å²) in [6, 6.07) is 0.285. The normalized spacial score (nSPS) is 20.1. The van der Waals surface area contributed by atoms with Crippen LogP contribution < -0.4 is 0 Å². The maximum Gasteiger partial charge on any atom is 0.303 e. The van der Waals surface area contributed by atoms with Crippen molar-refractivity contribution in [2.24, 2.45) is 0 Å². The largest absolute Gasteiger partial charge is 0.481 e. The molecular weight excluding hydrogens is 681 g/mol. The highest BCUT2D eigenvalue weighted by molar-refractivity contribution is 5.77. The summed E-state index contributed by atoms with van der Waals surface area (Å²) in [5.41, 5.74) is -0.157.